The van der Waals surface area contributed by atoms with Gasteiger partial charge in [0.05, 0.1) is 7.11 Å². The number of methoxy groups -OCH3 is 1. The molecule has 104 valence electrons. The van der Waals surface area contributed by atoms with Crippen LogP contribution in [0.1, 0.15) is 52.7 Å². The van der Waals surface area contributed by atoms with Crippen LogP contribution in [0.3, 0.4) is 0 Å². The summed E-state index contributed by atoms with van der Waals surface area (Å²) >= 11 is 0. The highest BCUT2D eigenvalue weighted by molar-refractivity contribution is 7.27. The molecule has 1 aromatic rings. The molecular weight excluding hydrogens is 263 g/mol. The molecule has 3 heteroatoms. The van der Waals surface area contributed by atoms with Crippen LogP contribution in [-0.4, -0.2) is 7.11 Å². The number of rotatable bonds is 1. The van der Waals surface area contributed by atoms with Crippen molar-refractivity contribution in [3.8, 4) is 5.75 Å². The Balaban J connectivity index is 0.00000289. The zero-order valence-corrected chi connectivity index (χ0v) is 14.5. The molecular formula is C15H26ClOP. The zero-order valence-electron chi connectivity index (χ0n) is 12.5. The normalized spacial score (nSPS) is 12.0. The third kappa shape index (κ3) is 3.87. The van der Waals surface area contributed by atoms with Gasteiger partial charge in [0.2, 0.25) is 0 Å². The van der Waals surface area contributed by atoms with E-state index in [1.807, 2.05) is 0 Å². The molecule has 0 aliphatic carbocycles. The summed E-state index contributed by atoms with van der Waals surface area (Å²) < 4.78 is 5.68. The van der Waals surface area contributed by atoms with E-state index in [-0.39, 0.29) is 23.2 Å². The summed E-state index contributed by atoms with van der Waals surface area (Å²) in [6.45, 7) is 13.3. The molecule has 1 aromatic carbocycles. The van der Waals surface area contributed by atoms with Crippen LogP contribution >= 0.6 is 21.6 Å². The van der Waals surface area contributed by atoms with Gasteiger partial charge in [-0.25, -0.2) is 0 Å². The van der Waals surface area contributed by atoms with Crippen LogP contribution in [0.5, 0.6) is 5.75 Å². The molecule has 0 bridgehead atoms. The molecule has 0 saturated heterocycles. The van der Waals surface area contributed by atoms with Gasteiger partial charge in [0.1, 0.15) is 5.75 Å². The monoisotopic (exact) mass is 288 g/mol. The summed E-state index contributed by atoms with van der Waals surface area (Å²) in [7, 11) is 4.57. The van der Waals surface area contributed by atoms with Crippen molar-refractivity contribution < 1.29 is 4.74 Å². The second kappa shape index (κ2) is 5.80. The fourth-order valence-corrected chi connectivity index (χ4v) is 2.32. The molecule has 0 aliphatic rings. The predicted octanol–water partition coefficient (Wildman–Crippen LogP) is 4.21. The van der Waals surface area contributed by atoms with E-state index in [9.17, 15) is 0 Å². The first-order valence-corrected chi connectivity index (χ1v) is 6.63. The van der Waals surface area contributed by atoms with Crippen molar-refractivity contribution in [1.82, 2.24) is 0 Å². The van der Waals surface area contributed by atoms with E-state index in [1.165, 1.54) is 16.4 Å². The van der Waals surface area contributed by atoms with Crippen LogP contribution in [0.15, 0.2) is 12.1 Å². The lowest BCUT2D eigenvalue weighted by Crippen LogP contribution is -2.21. The Bertz CT molecular complexity index is 378. The van der Waals surface area contributed by atoms with Crippen LogP contribution in [0.4, 0.5) is 0 Å². The van der Waals surface area contributed by atoms with Crippen molar-refractivity contribution in [2.24, 2.45) is 0 Å². The van der Waals surface area contributed by atoms with Crippen molar-refractivity contribution in [2.45, 2.75) is 52.4 Å². The predicted molar refractivity (Wildman–Crippen MR) is 87.0 cm³/mol. The Labute approximate surface area is 120 Å². The van der Waals surface area contributed by atoms with Crippen LogP contribution in [0.2, 0.25) is 0 Å². The van der Waals surface area contributed by atoms with Crippen LogP contribution in [-0.2, 0) is 10.8 Å². The van der Waals surface area contributed by atoms with Crippen molar-refractivity contribution in [2.75, 3.05) is 7.11 Å². The molecule has 0 aromatic heterocycles. The fourth-order valence-electron chi connectivity index (χ4n) is 1.99. The molecule has 0 amide bonds. The number of hydrogen-bond acceptors (Lipinski definition) is 1. The summed E-state index contributed by atoms with van der Waals surface area (Å²) in [4.78, 5) is 0. The number of ether oxygens (including phenoxy) is 1. The Morgan fingerprint density at radius 3 is 1.44 bits per heavy atom. The summed E-state index contributed by atoms with van der Waals surface area (Å²) in [5.74, 6) is 1.04. The Hall–Kier alpha value is -0.260. The summed E-state index contributed by atoms with van der Waals surface area (Å²) in [6.07, 6.45) is 0. The van der Waals surface area contributed by atoms with Crippen molar-refractivity contribution in [3.63, 3.8) is 0 Å². The molecule has 1 unspecified atom stereocenters. The number of hydrogen-bond donors (Lipinski definition) is 0. The first-order chi connectivity index (χ1) is 7.57. The molecule has 0 saturated carbocycles. The SMILES string of the molecule is COc1c(C(C)(C)C)cc(P)cc1C(C)(C)C.Cl. The molecule has 1 atom stereocenters. The maximum absolute atomic E-state index is 5.68. The topological polar surface area (TPSA) is 9.23 Å². The molecule has 18 heavy (non-hydrogen) atoms. The van der Waals surface area contributed by atoms with Crippen molar-refractivity contribution >= 4 is 27.0 Å². The summed E-state index contributed by atoms with van der Waals surface area (Å²) in [5, 5.41) is 1.22. The van der Waals surface area contributed by atoms with Gasteiger partial charge in [0, 0.05) is 11.1 Å². The van der Waals surface area contributed by atoms with Gasteiger partial charge in [-0.05, 0) is 28.3 Å². The lowest BCUT2D eigenvalue weighted by molar-refractivity contribution is 0.382. The highest BCUT2D eigenvalue weighted by Crippen LogP contribution is 2.39. The lowest BCUT2D eigenvalue weighted by atomic mass is 9.79. The Kier molecular flexibility index (Phi) is 5.72. The van der Waals surface area contributed by atoms with Gasteiger partial charge in [0.15, 0.2) is 0 Å². The largest absolute Gasteiger partial charge is 0.496 e. The van der Waals surface area contributed by atoms with Gasteiger partial charge < -0.3 is 4.74 Å². The van der Waals surface area contributed by atoms with Gasteiger partial charge in [-0.15, -0.1) is 21.6 Å². The molecule has 0 heterocycles. The minimum Gasteiger partial charge on any atom is -0.496 e. The minimum absolute atomic E-state index is 0. The van der Waals surface area contributed by atoms with Gasteiger partial charge in [-0.3, -0.25) is 0 Å². The maximum atomic E-state index is 5.68. The third-order valence-electron chi connectivity index (χ3n) is 2.93. The van der Waals surface area contributed by atoms with Gasteiger partial charge in [0.25, 0.3) is 0 Å². The molecule has 0 spiro atoms. The molecule has 0 aliphatic heterocycles. The highest BCUT2D eigenvalue weighted by atomic mass is 35.5. The molecule has 0 radical (unpaired) electrons. The average Bonchev–Trinajstić information content (AvgIpc) is 2.13. The van der Waals surface area contributed by atoms with E-state index in [0.717, 1.165) is 5.75 Å². The first-order valence-electron chi connectivity index (χ1n) is 6.06. The van der Waals surface area contributed by atoms with Crippen LogP contribution in [0.25, 0.3) is 0 Å². The highest BCUT2D eigenvalue weighted by Gasteiger charge is 2.26. The molecule has 1 rings (SSSR count). The number of halogens is 1. The van der Waals surface area contributed by atoms with Gasteiger partial charge in [-0.1, -0.05) is 41.5 Å². The molecule has 0 fully saturated rings. The second-order valence-electron chi connectivity index (χ2n) is 6.65. The summed E-state index contributed by atoms with van der Waals surface area (Å²) in [5.41, 5.74) is 2.74. The third-order valence-corrected chi connectivity index (χ3v) is 3.26. The Morgan fingerprint density at radius 2 is 1.22 bits per heavy atom. The van der Waals surface area contributed by atoms with E-state index in [0.29, 0.717) is 0 Å². The number of benzene rings is 1. The minimum atomic E-state index is 0. The van der Waals surface area contributed by atoms with Crippen molar-refractivity contribution in [3.05, 3.63) is 23.3 Å². The van der Waals surface area contributed by atoms with E-state index >= 15 is 0 Å². The van der Waals surface area contributed by atoms with E-state index in [1.54, 1.807) is 7.11 Å². The average molecular weight is 289 g/mol. The van der Waals surface area contributed by atoms with Crippen LogP contribution in [0, 0.1) is 0 Å². The molecule has 1 nitrogen and oxygen atoms in total. The molecule has 0 N–H and O–H groups in total. The maximum Gasteiger partial charge on any atom is 0.126 e. The van der Waals surface area contributed by atoms with Crippen LogP contribution < -0.4 is 10.0 Å². The quantitative estimate of drug-likeness (QED) is 0.703. The van der Waals surface area contributed by atoms with E-state index < -0.39 is 0 Å². The fraction of sp³-hybridized carbons (Fsp3) is 0.600. The van der Waals surface area contributed by atoms with Crippen molar-refractivity contribution in [1.29, 1.82) is 0 Å². The first kappa shape index (κ1) is 17.7. The van der Waals surface area contributed by atoms with E-state index in [2.05, 4.69) is 62.9 Å². The summed E-state index contributed by atoms with van der Waals surface area (Å²) in [6, 6.07) is 4.41. The standard InChI is InChI=1S/C15H25OP.ClH/c1-14(2,3)11-8-10(17)9-12(13(11)16-7)15(4,5)6;/h8-9H,17H2,1-7H3;1H. The van der Waals surface area contributed by atoms with E-state index in [4.69, 9.17) is 4.74 Å². The lowest BCUT2D eigenvalue weighted by Gasteiger charge is -2.29. The van der Waals surface area contributed by atoms with Gasteiger partial charge in [-0.2, -0.15) is 0 Å². The van der Waals surface area contributed by atoms with Gasteiger partial charge >= 0.3 is 0 Å². The second-order valence-corrected chi connectivity index (χ2v) is 7.32. The zero-order chi connectivity index (χ0) is 13.4. The smallest absolute Gasteiger partial charge is 0.126 e. The Morgan fingerprint density at radius 1 is 0.889 bits per heavy atom.